The van der Waals surface area contributed by atoms with Gasteiger partial charge in [0.05, 0.1) is 0 Å². The fourth-order valence-corrected chi connectivity index (χ4v) is 3.17. The molecule has 0 aromatic carbocycles. The van der Waals surface area contributed by atoms with Crippen LogP contribution in [0.5, 0.6) is 0 Å². The molecule has 0 spiro atoms. The summed E-state index contributed by atoms with van der Waals surface area (Å²) in [5, 5.41) is 2.88. The first-order chi connectivity index (χ1) is 8.56. The number of aryl methyl sites for hydroxylation is 2. The molecule has 3 nitrogen and oxygen atoms in total. The fourth-order valence-electron chi connectivity index (χ4n) is 1.48. The van der Waals surface area contributed by atoms with E-state index in [2.05, 4.69) is 21.9 Å². The predicted octanol–water partition coefficient (Wildman–Crippen LogP) is 4.01. The summed E-state index contributed by atoms with van der Waals surface area (Å²) in [6, 6.07) is 5.84. The van der Waals surface area contributed by atoms with Crippen molar-refractivity contribution < 1.29 is 0 Å². The highest BCUT2D eigenvalue weighted by atomic mass is 35.5. The van der Waals surface area contributed by atoms with Crippen molar-refractivity contribution in [1.29, 1.82) is 0 Å². The molecule has 0 atom stereocenters. The van der Waals surface area contributed by atoms with E-state index in [9.17, 15) is 0 Å². The molecule has 0 unspecified atom stereocenters. The van der Waals surface area contributed by atoms with Gasteiger partial charge in [-0.05, 0) is 49.6 Å². The maximum absolute atomic E-state index is 5.96. The Morgan fingerprint density at radius 2 is 1.72 bits per heavy atom. The van der Waals surface area contributed by atoms with Crippen LogP contribution in [0.25, 0.3) is 0 Å². The summed E-state index contributed by atoms with van der Waals surface area (Å²) in [5.74, 6) is 0. The lowest BCUT2D eigenvalue weighted by Gasteiger charge is -2.04. The Balaban J connectivity index is 2.30. The van der Waals surface area contributed by atoms with Crippen LogP contribution in [0.3, 0.4) is 0 Å². The van der Waals surface area contributed by atoms with Crippen LogP contribution in [0.1, 0.15) is 11.3 Å². The number of halogens is 1. The van der Waals surface area contributed by atoms with E-state index < -0.39 is 0 Å². The molecule has 2 aromatic heterocycles. The normalized spacial score (nSPS) is 10.7. The van der Waals surface area contributed by atoms with Crippen molar-refractivity contribution in [3.63, 3.8) is 0 Å². The summed E-state index contributed by atoms with van der Waals surface area (Å²) in [4.78, 5) is 13.0. The van der Waals surface area contributed by atoms with Gasteiger partial charge in [0.2, 0.25) is 0 Å². The van der Waals surface area contributed by atoms with E-state index in [4.69, 9.17) is 11.6 Å². The van der Waals surface area contributed by atoms with E-state index in [1.54, 1.807) is 6.07 Å². The fraction of sp³-hybridized carbons (Fsp3) is 0.250. The maximum Gasteiger partial charge on any atom is 0.189 e. The Morgan fingerprint density at radius 3 is 2.39 bits per heavy atom. The molecule has 0 aliphatic carbocycles. The van der Waals surface area contributed by atoms with Crippen LogP contribution < -0.4 is 0 Å². The number of thioether (sulfide) groups is 1. The van der Waals surface area contributed by atoms with Gasteiger partial charge in [0.1, 0.15) is 15.2 Å². The lowest BCUT2D eigenvalue weighted by molar-refractivity contribution is 0.891. The van der Waals surface area contributed by atoms with Crippen LogP contribution in [0.4, 0.5) is 0 Å². The summed E-state index contributed by atoms with van der Waals surface area (Å²) in [5.41, 5.74) is 2.19. The SMILES string of the molecule is CSc1nc(Cl)cc(Sc2cc(C)cc(C)n2)n1. The van der Waals surface area contributed by atoms with Gasteiger partial charge < -0.3 is 0 Å². The topological polar surface area (TPSA) is 38.7 Å². The van der Waals surface area contributed by atoms with Crippen molar-refractivity contribution in [2.45, 2.75) is 29.1 Å². The van der Waals surface area contributed by atoms with Gasteiger partial charge in [0, 0.05) is 11.8 Å². The third kappa shape index (κ3) is 3.60. The van der Waals surface area contributed by atoms with E-state index in [-0.39, 0.29) is 0 Å². The molecular weight excluding hydrogens is 286 g/mol. The second-order valence-electron chi connectivity index (χ2n) is 3.74. The zero-order chi connectivity index (χ0) is 13.1. The van der Waals surface area contributed by atoms with Crippen LogP contribution in [0, 0.1) is 13.8 Å². The van der Waals surface area contributed by atoms with E-state index in [0.29, 0.717) is 10.3 Å². The molecule has 6 heteroatoms. The molecule has 18 heavy (non-hydrogen) atoms. The quantitative estimate of drug-likeness (QED) is 0.486. The molecule has 0 N–H and O–H groups in total. The number of hydrogen-bond acceptors (Lipinski definition) is 5. The van der Waals surface area contributed by atoms with Gasteiger partial charge in [-0.1, -0.05) is 23.4 Å². The van der Waals surface area contributed by atoms with Crippen LogP contribution in [0.2, 0.25) is 5.15 Å². The van der Waals surface area contributed by atoms with Crippen molar-refractivity contribution in [3.05, 3.63) is 34.6 Å². The minimum atomic E-state index is 0.459. The molecule has 0 fully saturated rings. The molecule has 0 saturated heterocycles. The van der Waals surface area contributed by atoms with E-state index in [1.807, 2.05) is 25.3 Å². The van der Waals surface area contributed by atoms with Gasteiger partial charge in [-0.25, -0.2) is 15.0 Å². The van der Waals surface area contributed by atoms with Crippen LogP contribution in [-0.4, -0.2) is 21.2 Å². The van der Waals surface area contributed by atoms with Gasteiger partial charge in [-0.3, -0.25) is 0 Å². The van der Waals surface area contributed by atoms with Crippen LogP contribution >= 0.6 is 35.1 Å². The van der Waals surface area contributed by atoms with Crippen LogP contribution in [0.15, 0.2) is 33.4 Å². The highest BCUT2D eigenvalue weighted by Crippen LogP contribution is 2.28. The molecule has 0 aliphatic rings. The second-order valence-corrected chi connectivity index (χ2v) is 5.94. The Hall–Kier alpha value is -0.780. The van der Waals surface area contributed by atoms with E-state index >= 15 is 0 Å². The van der Waals surface area contributed by atoms with Crippen molar-refractivity contribution in [2.24, 2.45) is 0 Å². The van der Waals surface area contributed by atoms with Gasteiger partial charge in [-0.2, -0.15) is 0 Å². The number of pyridine rings is 1. The van der Waals surface area contributed by atoms with Gasteiger partial charge in [-0.15, -0.1) is 0 Å². The number of aromatic nitrogens is 3. The zero-order valence-electron chi connectivity index (χ0n) is 10.3. The molecule has 0 bridgehead atoms. The molecule has 0 amide bonds. The highest BCUT2D eigenvalue weighted by Gasteiger charge is 2.06. The van der Waals surface area contributed by atoms with E-state index in [0.717, 1.165) is 15.7 Å². The van der Waals surface area contributed by atoms with Crippen LogP contribution in [-0.2, 0) is 0 Å². The first-order valence-electron chi connectivity index (χ1n) is 5.28. The lowest BCUT2D eigenvalue weighted by Crippen LogP contribution is -1.91. The summed E-state index contributed by atoms with van der Waals surface area (Å²) in [7, 11) is 0. The minimum Gasteiger partial charge on any atom is -0.246 e. The highest BCUT2D eigenvalue weighted by molar-refractivity contribution is 7.99. The molecule has 0 saturated carbocycles. The molecular formula is C12H12ClN3S2. The average molecular weight is 298 g/mol. The molecule has 2 rings (SSSR count). The summed E-state index contributed by atoms with van der Waals surface area (Å²) < 4.78 is 0. The molecule has 0 aliphatic heterocycles. The second kappa shape index (κ2) is 5.91. The van der Waals surface area contributed by atoms with Gasteiger partial charge in [0.25, 0.3) is 0 Å². The number of nitrogens with zero attached hydrogens (tertiary/aromatic N) is 3. The molecule has 94 valence electrons. The standard InChI is InChI=1S/C12H12ClN3S2/c1-7-4-8(2)14-10(5-7)18-11-6-9(13)15-12(16-11)17-3/h4-6H,1-3H3. The van der Waals surface area contributed by atoms with Crippen molar-refractivity contribution in [3.8, 4) is 0 Å². The predicted molar refractivity (Wildman–Crippen MR) is 76.7 cm³/mol. The average Bonchev–Trinajstić information content (AvgIpc) is 2.26. The third-order valence-corrected chi connectivity index (χ3v) is 3.69. The zero-order valence-corrected chi connectivity index (χ0v) is 12.7. The Bertz CT molecular complexity index is 555. The summed E-state index contributed by atoms with van der Waals surface area (Å²) in [6.07, 6.45) is 1.93. The van der Waals surface area contributed by atoms with E-state index in [1.165, 1.54) is 29.1 Å². The summed E-state index contributed by atoms with van der Waals surface area (Å²) in [6.45, 7) is 4.04. The number of hydrogen-bond donors (Lipinski definition) is 0. The first-order valence-corrected chi connectivity index (χ1v) is 7.70. The first kappa shape index (κ1) is 13.6. The third-order valence-electron chi connectivity index (χ3n) is 2.12. The van der Waals surface area contributed by atoms with Crippen molar-refractivity contribution >= 4 is 35.1 Å². The molecule has 0 radical (unpaired) electrons. The molecule has 2 heterocycles. The van der Waals surface area contributed by atoms with Gasteiger partial charge in [0.15, 0.2) is 5.16 Å². The Morgan fingerprint density at radius 1 is 1.00 bits per heavy atom. The summed E-state index contributed by atoms with van der Waals surface area (Å²) >= 11 is 8.93. The largest absolute Gasteiger partial charge is 0.246 e. The Kier molecular flexibility index (Phi) is 4.48. The minimum absolute atomic E-state index is 0.459. The number of rotatable bonds is 3. The maximum atomic E-state index is 5.96. The smallest absolute Gasteiger partial charge is 0.189 e. The van der Waals surface area contributed by atoms with Crippen molar-refractivity contribution in [1.82, 2.24) is 15.0 Å². The van der Waals surface area contributed by atoms with Gasteiger partial charge >= 0.3 is 0 Å². The lowest BCUT2D eigenvalue weighted by atomic mass is 10.3. The van der Waals surface area contributed by atoms with Crippen molar-refractivity contribution in [2.75, 3.05) is 6.26 Å². The molecule has 2 aromatic rings. The Labute approximate surface area is 120 Å². The monoisotopic (exact) mass is 297 g/mol.